The van der Waals surface area contributed by atoms with Crippen molar-refractivity contribution in [3.8, 4) is 0 Å². The predicted molar refractivity (Wildman–Crippen MR) is 92.3 cm³/mol. The molecular formula is C20H19NO4. The molecule has 0 aromatic heterocycles. The third-order valence-electron chi connectivity index (χ3n) is 4.22. The number of ether oxygens (including phenoxy) is 2. The van der Waals surface area contributed by atoms with Crippen LogP contribution in [0.1, 0.15) is 23.2 Å². The van der Waals surface area contributed by atoms with Gasteiger partial charge in [-0.15, -0.1) is 0 Å². The summed E-state index contributed by atoms with van der Waals surface area (Å²) < 4.78 is 9.56. The fourth-order valence-corrected chi connectivity index (χ4v) is 3.03. The van der Waals surface area contributed by atoms with E-state index in [0.717, 1.165) is 11.1 Å². The van der Waals surface area contributed by atoms with Crippen LogP contribution in [0.15, 0.2) is 72.4 Å². The number of carbonyl (C=O) groups is 2. The number of rotatable bonds is 5. The van der Waals surface area contributed by atoms with Gasteiger partial charge in [-0.3, -0.25) is 0 Å². The van der Waals surface area contributed by atoms with Crippen LogP contribution in [0.3, 0.4) is 0 Å². The highest BCUT2D eigenvalue weighted by Gasteiger charge is 2.52. The SMILES string of the molecule is COC(=O)/C=C(\C(=O)OC)N1C(c2ccccc2)C1c1ccccc1. The van der Waals surface area contributed by atoms with Gasteiger partial charge in [0.25, 0.3) is 0 Å². The molecule has 2 aromatic rings. The van der Waals surface area contributed by atoms with Crippen LogP contribution < -0.4 is 0 Å². The molecule has 0 aliphatic carbocycles. The molecule has 1 aliphatic heterocycles. The molecule has 25 heavy (non-hydrogen) atoms. The van der Waals surface area contributed by atoms with Gasteiger partial charge in [-0.25, -0.2) is 9.59 Å². The molecule has 1 fully saturated rings. The van der Waals surface area contributed by atoms with Gasteiger partial charge in [0.05, 0.1) is 32.4 Å². The lowest BCUT2D eigenvalue weighted by Gasteiger charge is -2.09. The van der Waals surface area contributed by atoms with E-state index in [4.69, 9.17) is 4.74 Å². The Hall–Kier alpha value is -3.08. The Bertz CT molecular complexity index is 740. The summed E-state index contributed by atoms with van der Waals surface area (Å²) in [6.45, 7) is 0. The molecule has 2 atom stereocenters. The number of carbonyl (C=O) groups excluding carboxylic acids is 2. The lowest BCUT2D eigenvalue weighted by Crippen LogP contribution is -2.16. The monoisotopic (exact) mass is 337 g/mol. The Morgan fingerprint density at radius 3 is 1.72 bits per heavy atom. The van der Waals surface area contributed by atoms with Gasteiger partial charge >= 0.3 is 11.9 Å². The van der Waals surface area contributed by atoms with Gasteiger partial charge in [0.15, 0.2) is 0 Å². The Balaban J connectivity index is 2.02. The van der Waals surface area contributed by atoms with Crippen molar-refractivity contribution in [1.29, 1.82) is 0 Å². The van der Waals surface area contributed by atoms with Crippen LogP contribution in [0.25, 0.3) is 0 Å². The third-order valence-corrected chi connectivity index (χ3v) is 4.22. The topological polar surface area (TPSA) is 55.6 Å². The average molecular weight is 337 g/mol. The Kier molecular flexibility index (Phi) is 4.84. The van der Waals surface area contributed by atoms with E-state index < -0.39 is 11.9 Å². The third kappa shape index (κ3) is 3.40. The minimum absolute atomic E-state index is 0.0430. The van der Waals surface area contributed by atoms with Crippen LogP contribution in [-0.2, 0) is 19.1 Å². The Morgan fingerprint density at radius 2 is 1.32 bits per heavy atom. The Morgan fingerprint density at radius 1 is 0.840 bits per heavy atom. The largest absolute Gasteiger partial charge is 0.466 e. The fraction of sp³-hybridized carbons (Fsp3) is 0.200. The van der Waals surface area contributed by atoms with Crippen LogP contribution >= 0.6 is 0 Å². The van der Waals surface area contributed by atoms with Gasteiger partial charge in [0.2, 0.25) is 0 Å². The first kappa shape index (κ1) is 16.8. The zero-order valence-electron chi connectivity index (χ0n) is 14.1. The zero-order chi connectivity index (χ0) is 17.8. The summed E-state index contributed by atoms with van der Waals surface area (Å²) in [6, 6.07) is 19.6. The van der Waals surface area contributed by atoms with Crippen molar-refractivity contribution >= 4 is 11.9 Å². The van der Waals surface area contributed by atoms with Crippen LogP contribution in [0.2, 0.25) is 0 Å². The molecule has 2 unspecified atom stereocenters. The molecule has 128 valence electrons. The number of benzene rings is 2. The highest BCUT2D eigenvalue weighted by atomic mass is 16.5. The first-order valence-corrected chi connectivity index (χ1v) is 7.93. The van der Waals surface area contributed by atoms with Crippen molar-refractivity contribution < 1.29 is 19.1 Å². The fourth-order valence-electron chi connectivity index (χ4n) is 3.03. The van der Waals surface area contributed by atoms with Crippen molar-refractivity contribution in [3.05, 3.63) is 83.6 Å². The van der Waals surface area contributed by atoms with E-state index in [1.54, 1.807) is 0 Å². The maximum Gasteiger partial charge on any atom is 0.354 e. The molecule has 5 heteroatoms. The maximum atomic E-state index is 12.3. The molecule has 0 amide bonds. The smallest absolute Gasteiger partial charge is 0.354 e. The molecule has 1 saturated heterocycles. The van der Waals surface area contributed by atoms with Gasteiger partial charge in [-0.05, 0) is 11.1 Å². The van der Waals surface area contributed by atoms with E-state index in [2.05, 4.69) is 4.74 Å². The summed E-state index contributed by atoms with van der Waals surface area (Å²) in [5.74, 6) is -1.16. The summed E-state index contributed by atoms with van der Waals surface area (Å²) >= 11 is 0. The lowest BCUT2D eigenvalue weighted by atomic mass is 10.0. The molecule has 1 aliphatic rings. The zero-order valence-corrected chi connectivity index (χ0v) is 14.1. The molecule has 1 heterocycles. The van der Waals surface area contributed by atoms with Gasteiger partial charge in [0, 0.05) is 0 Å². The summed E-state index contributed by atoms with van der Waals surface area (Å²) in [7, 11) is 2.57. The average Bonchev–Trinajstić information content (AvgIpc) is 3.42. The van der Waals surface area contributed by atoms with E-state index in [-0.39, 0.29) is 17.8 Å². The Labute approximate surface area is 146 Å². The molecule has 3 rings (SSSR count). The normalized spacial score (nSPS) is 19.3. The van der Waals surface area contributed by atoms with Gasteiger partial charge < -0.3 is 14.4 Å². The minimum Gasteiger partial charge on any atom is -0.466 e. The summed E-state index contributed by atoms with van der Waals surface area (Å²) in [6.07, 6.45) is 1.19. The molecule has 5 nitrogen and oxygen atoms in total. The van der Waals surface area contributed by atoms with E-state index in [9.17, 15) is 9.59 Å². The molecule has 0 radical (unpaired) electrons. The predicted octanol–water partition coefficient (Wildman–Crippen LogP) is 3.01. The van der Waals surface area contributed by atoms with Crippen molar-refractivity contribution in [2.24, 2.45) is 0 Å². The maximum absolute atomic E-state index is 12.3. The van der Waals surface area contributed by atoms with E-state index in [0.29, 0.717) is 0 Å². The van der Waals surface area contributed by atoms with Gasteiger partial charge in [0.1, 0.15) is 5.70 Å². The van der Waals surface area contributed by atoms with Crippen LogP contribution in [0, 0.1) is 0 Å². The highest BCUT2D eigenvalue weighted by molar-refractivity contribution is 5.96. The van der Waals surface area contributed by atoms with E-state index >= 15 is 0 Å². The second-order valence-electron chi connectivity index (χ2n) is 5.66. The molecule has 0 saturated carbocycles. The summed E-state index contributed by atoms with van der Waals surface area (Å²) in [5, 5.41) is 0. The second-order valence-corrected chi connectivity index (χ2v) is 5.66. The number of methoxy groups -OCH3 is 2. The number of esters is 2. The second kappa shape index (κ2) is 7.21. The molecular weight excluding hydrogens is 318 g/mol. The quantitative estimate of drug-likeness (QED) is 0.477. The summed E-state index contributed by atoms with van der Waals surface area (Å²) in [5.41, 5.74) is 2.32. The van der Waals surface area contributed by atoms with Crippen molar-refractivity contribution in [3.63, 3.8) is 0 Å². The number of nitrogens with zero attached hydrogens (tertiary/aromatic N) is 1. The van der Waals surface area contributed by atoms with Crippen LogP contribution in [0.4, 0.5) is 0 Å². The van der Waals surface area contributed by atoms with Crippen molar-refractivity contribution in [2.45, 2.75) is 12.1 Å². The van der Waals surface area contributed by atoms with E-state index in [1.165, 1.54) is 20.3 Å². The standard InChI is InChI=1S/C20H19NO4/c1-24-17(22)13-16(20(23)25-2)21-18(14-9-5-3-6-10-14)19(21)15-11-7-4-8-12-15/h3-13,18-19H,1-2H3/b16-13+. The highest BCUT2D eigenvalue weighted by Crippen LogP contribution is 2.57. The first-order valence-electron chi connectivity index (χ1n) is 7.93. The van der Waals surface area contributed by atoms with Crippen molar-refractivity contribution in [2.75, 3.05) is 14.2 Å². The van der Waals surface area contributed by atoms with Crippen LogP contribution in [-0.4, -0.2) is 31.1 Å². The first-order chi connectivity index (χ1) is 12.2. The van der Waals surface area contributed by atoms with Gasteiger partial charge in [-0.2, -0.15) is 0 Å². The molecule has 2 aromatic carbocycles. The summed E-state index contributed by atoms with van der Waals surface area (Å²) in [4.78, 5) is 25.9. The van der Waals surface area contributed by atoms with E-state index in [1.807, 2.05) is 65.6 Å². The van der Waals surface area contributed by atoms with Gasteiger partial charge in [-0.1, -0.05) is 60.7 Å². The number of hydrogen-bond acceptors (Lipinski definition) is 5. The molecule has 0 N–H and O–H groups in total. The lowest BCUT2D eigenvalue weighted by molar-refractivity contribution is -0.139. The number of hydrogen-bond donors (Lipinski definition) is 0. The molecule has 0 bridgehead atoms. The van der Waals surface area contributed by atoms with Crippen LogP contribution in [0.5, 0.6) is 0 Å². The minimum atomic E-state index is -0.592. The van der Waals surface area contributed by atoms with Crippen molar-refractivity contribution in [1.82, 2.24) is 4.90 Å². The molecule has 0 spiro atoms.